The Balaban J connectivity index is 1.46. The maximum absolute atomic E-state index is 14.8. The highest BCUT2D eigenvalue weighted by molar-refractivity contribution is 8.03. The first-order valence-electron chi connectivity index (χ1n) is 11.0. The van der Waals surface area contributed by atoms with Gasteiger partial charge in [-0.2, -0.15) is 5.26 Å². The third-order valence-electron chi connectivity index (χ3n) is 6.00. The maximum Gasteiger partial charge on any atom is 0.138 e. The zero-order chi connectivity index (χ0) is 22.5. The molecule has 1 aliphatic rings. The standard InChI is InChI=1S/C28H25F2NS/c1-2-3-4-20-13-22-10-11-23(16-25(22)14-20)24-9-8-21(26(29)17-24)7-5-19-6-12-28(32-18-31)27(30)15-19/h6,8-12,14-17H,2-5,7,13H2,1H3. The van der Waals surface area contributed by atoms with Gasteiger partial charge in [0.25, 0.3) is 0 Å². The van der Waals surface area contributed by atoms with Crippen molar-refractivity contribution in [1.29, 1.82) is 5.26 Å². The number of hydrogen-bond donors (Lipinski definition) is 0. The molecule has 1 aliphatic carbocycles. The smallest absolute Gasteiger partial charge is 0.138 e. The van der Waals surface area contributed by atoms with Crippen LogP contribution in [0.5, 0.6) is 0 Å². The second-order valence-corrected chi connectivity index (χ2v) is 9.09. The van der Waals surface area contributed by atoms with Gasteiger partial charge in [0, 0.05) is 0 Å². The molecule has 0 fully saturated rings. The van der Waals surface area contributed by atoms with E-state index < -0.39 is 5.82 Å². The van der Waals surface area contributed by atoms with E-state index in [1.165, 1.54) is 35.6 Å². The van der Waals surface area contributed by atoms with Gasteiger partial charge in [-0.25, -0.2) is 8.78 Å². The van der Waals surface area contributed by atoms with Crippen molar-refractivity contribution >= 4 is 17.8 Å². The van der Waals surface area contributed by atoms with Crippen LogP contribution in [0.1, 0.15) is 48.4 Å². The van der Waals surface area contributed by atoms with E-state index in [0.717, 1.165) is 41.3 Å². The normalized spacial score (nSPS) is 12.4. The number of fused-ring (bicyclic) bond motifs is 1. The van der Waals surface area contributed by atoms with Crippen LogP contribution >= 0.6 is 11.8 Å². The van der Waals surface area contributed by atoms with Gasteiger partial charge in [0.15, 0.2) is 0 Å². The van der Waals surface area contributed by atoms with Gasteiger partial charge in [0.2, 0.25) is 0 Å². The summed E-state index contributed by atoms with van der Waals surface area (Å²) < 4.78 is 28.8. The van der Waals surface area contributed by atoms with Crippen LogP contribution in [0.15, 0.2) is 65.1 Å². The summed E-state index contributed by atoms with van der Waals surface area (Å²) in [7, 11) is 0. The minimum atomic E-state index is -0.409. The number of hydrogen-bond acceptors (Lipinski definition) is 2. The van der Waals surface area contributed by atoms with Gasteiger partial charge in [0.05, 0.1) is 4.90 Å². The first-order valence-corrected chi connectivity index (χ1v) is 11.8. The van der Waals surface area contributed by atoms with Gasteiger partial charge in [0.1, 0.15) is 17.0 Å². The second-order valence-electron chi connectivity index (χ2n) is 8.26. The molecular formula is C28H25F2NS. The molecule has 0 N–H and O–H groups in total. The molecule has 162 valence electrons. The fourth-order valence-corrected chi connectivity index (χ4v) is 4.58. The van der Waals surface area contributed by atoms with E-state index in [4.69, 9.17) is 5.26 Å². The average Bonchev–Trinajstić information content (AvgIpc) is 3.20. The highest BCUT2D eigenvalue weighted by Crippen LogP contribution is 2.32. The zero-order valence-corrected chi connectivity index (χ0v) is 18.9. The number of thiocyanates is 1. The van der Waals surface area contributed by atoms with Crippen LogP contribution in [-0.2, 0) is 19.3 Å². The van der Waals surface area contributed by atoms with Crippen LogP contribution in [-0.4, -0.2) is 0 Å². The van der Waals surface area contributed by atoms with Crippen LogP contribution < -0.4 is 0 Å². The summed E-state index contributed by atoms with van der Waals surface area (Å²) >= 11 is 0.805. The van der Waals surface area contributed by atoms with Crippen molar-refractivity contribution < 1.29 is 8.78 Å². The van der Waals surface area contributed by atoms with Gasteiger partial charge >= 0.3 is 0 Å². The number of thioether (sulfide) groups is 1. The fraction of sp³-hybridized carbons (Fsp3) is 0.250. The summed E-state index contributed by atoms with van der Waals surface area (Å²) in [6, 6.07) is 16.6. The molecule has 4 rings (SSSR count). The number of unbranched alkanes of at least 4 members (excludes halogenated alkanes) is 1. The number of nitriles is 1. The predicted molar refractivity (Wildman–Crippen MR) is 128 cm³/mol. The molecule has 32 heavy (non-hydrogen) atoms. The SMILES string of the molecule is CCCCC1=Cc2cc(-c3ccc(CCc4ccc(SC#N)c(F)c4)c(F)c3)ccc2C1. The molecule has 3 aromatic carbocycles. The summed E-state index contributed by atoms with van der Waals surface area (Å²) in [5.41, 5.74) is 7.38. The van der Waals surface area contributed by atoms with Crippen LogP contribution in [0, 0.1) is 22.3 Å². The minimum Gasteiger partial charge on any atom is -0.207 e. The molecule has 0 heterocycles. The summed E-state index contributed by atoms with van der Waals surface area (Å²) in [5, 5.41) is 10.6. The summed E-state index contributed by atoms with van der Waals surface area (Å²) in [6.45, 7) is 2.21. The predicted octanol–water partition coefficient (Wildman–Crippen LogP) is 8.12. The van der Waals surface area contributed by atoms with Crippen molar-refractivity contribution in [3.05, 3.63) is 94.1 Å². The first kappa shape index (κ1) is 22.3. The van der Waals surface area contributed by atoms with Crippen molar-refractivity contribution in [2.24, 2.45) is 0 Å². The van der Waals surface area contributed by atoms with Gasteiger partial charge in [-0.15, -0.1) is 0 Å². The van der Waals surface area contributed by atoms with Crippen LogP contribution in [0.25, 0.3) is 17.2 Å². The Morgan fingerprint density at radius 3 is 2.47 bits per heavy atom. The first-order chi connectivity index (χ1) is 15.6. The third-order valence-corrected chi connectivity index (χ3v) is 6.64. The Kier molecular flexibility index (Phi) is 7.07. The average molecular weight is 446 g/mol. The van der Waals surface area contributed by atoms with Crippen LogP contribution in [0.3, 0.4) is 0 Å². The van der Waals surface area contributed by atoms with E-state index in [1.807, 2.05) is 17.5 Å². The Hall–Kier alpha value is -2.90. The second kappa shape index (κ2) is 10.1. The van der Waals surface area contributed by atoms with E-state index in [9.17, 15) is 8.78 Å². The molecule has 0 amide bonds. The summed E-state index contributed by atoms with van der Waals surface area (Å²) in [6.07, 6.45) is 7.91. The van der Waals surface area contributed by atoms with Crippen molar-refractivity contribution in [1.82, 2.24) is 0 Å². The van der Waals surface area contributed by atoms with Crippen molar-refractivity contribution in [3.63, 3.8) is 0 Å². The number of halogens is 2. The van der Waals surface area contributed by atoms with Crippen molar-refractivity contribution in [2.75, 3.05) is 0 Å². The Morgan fingerprint density at radius 2 is 1.72 bits per heavy atom. The Morgan fingerprint density at radius 1 is 0.906 bits per heavy atom. The lowest BCUT2D eigenvalue weighted by molar-refractivity contribution is 0.597. The fourth-order valence-electron chi connectivity index (χ4n) is 4.19. The molecule has 0 aliphatic heterocycles. The van der Waals surface area contributed by atoms with Crippen LogP contribution in [0.2, 0.25) is 0 Å². The number of aryl methyl sites for hydroxylation is 2. The summed E-state index contributed by atoms with van der Waals surface area (Å²) in [5.74, 6) is -0.646. The zero-order valence-electron chi connectivity index (χ0n) is 18.1. The number of allylic oxidation sites excluding steroid dienone is 1. The molecule has 0 aromatic heterocycles. The minimum absolute atomic E-state index is 0.237. The molecule has 0 spiro atoms. The number of rotatable bonds is 8. The van der Waals surface area contributed by atoms with Gasteiger partial charge in [-0.1, -0.05) is 55.3 Å². The van der Waals surface area contributed by atoms with Crippen molar-refractivity contribution in [2.45, 2.75) is 50.3 Å². The lowest BCUT2D eigenvalue weighted by Gasteiger charge is -2.09. The Labute approximate surface area is 192 Å². The van der Waals surface area contributed by atoms with E-state index in [2.05, 4.69) is 31.2 Å². The largest absolute Gasteiger partial charge is 0.207 e. The molecule has 0 saturated heterocycles. The lowest BCUT2D eigenvalue weighted by Crippen LogP contribution is -1.96. The third kappa shape index (κ3) is 5.11. The monoisotopic (exact) mass is 445 g/mol. The molecule has 4 heteroatoms. The highest BCUT2D eigenvalue weighted by atomic mass is 32.2. The quantitative estimate of drug-likeness (QED) is 0.258. The van der Waals surface area contributed by atoms with E-state index >= 15 is 0 Å². The Bertz CT molecular complexity index is 1210. The van der Waals surface area contributed by atoms with Crippen LogP contribution in [0.4, 0.5) is 8.78 Å². The molecule has 0 bridgehead atoms. The molecule has 0 radical (unpaired) electrons. The van der Waals surface area contributed by atoms with Crippen molar-refractivity contribution in [3.8, 4) is 16.5 Å². The van der Waals surface area contributed by atoms with Gasteiger partial charge in [-0.3, -0.25) is 0 Å². The molecule has 0 atom stereocenters. The lowest BCUT2D eigenvalue weighted by atomic mass is 9.97. The van der Waals surface area contributed by atoms with E-state index in [-0.39, 0.29) is 5.82 Å². The molecule has 0 saturated carbocycles. The van der Waals surface area contributed by atoms with Gasteiger partial charge < -0.3 is 0 Å². The molecular weight excluding hydrogens is 420 g/mol. The van der Waals surface area contributed by atoms with Gasteiger partial charge in [-0.05, 0) is 102 Å². The molecule has 3 aromatic rings. The van der Waals surface area contributed by atoms with E-state index in [0.29, 0.717) is 23.3 Å². The number of benzene rings is 3. The highest BCUT2D eigenvalue weighted by Gasteiger charge is 2.14. The maximum atomic E-state index is 14.8. The molecule has 0 unspecified atom stereocenters. The topological polar surface area (TPSA) is 23.8 Å². The molecule has 1 nitrogen and oxygen atoms in total. The number of nitrogens with zero attached hydrogens (tertiary/aromatic N) is 1. The summed E-state index contributed by atoms with van der Waals surface area (Å²) in [4.78, 5) is 0.313. The van der Waals surface area contributed by atoms with E-state index in [1.54, 1.807) is 18.2 Å².